The number of nitrogens with zero attached hydrogens (tertiary/aromatic N) is 3. The number of anilines is 1. The van der Waals surface area contributed by atoms with Crippen molar-refractivity contribution in [3.63, 3.8) is 0 Å². The van der Waals surface area contributed by atoms with Crippen LogP contribution in [0, 0.1) is 5.92 Å². The number of carbonyl (C=O) groups excluding carboxylic acids is 1. The maximum Gasteiger partial charge on any atom is 0.233 e. The van der Waals surface area contributed by atoms with Crippen molar-refractivity contribution in [2.75, 3.05) is 31.7 Å². The highest BCUT2D eigenvalue weighted by Crippen LogP contribution is 2.38. The van der Waals surface area contributed by atoms with Crippen molar-refractivity contribution >= 4 is 28.3 Å². The highest BCUT2D eigenvalue weighted by molar-refractivity contribution is 7.90. The molecule has 1 aromatic heterocycles. The predicted molar refractivity (Wildman–Crippen MR) is 201 cm³/mol. The van der Waals surface area contributed by atoms with E-state index in [-0.39, 0.29) is 17.9 Å². The summed E-state index contributed by atoms with van der Waals surface area (Å²) in [7, 11) is 0. The molecule has 2 aromatic carbocycles. The Hall–Kier alpha value is -4.05. The van der Waals surface area contributed by atoms with E-state index in [9.17, 15) is 9.35 Å². The molecule has 2 unspecified atom stereocenters. The first-order valence-corrected chi connectivity index (χ1v) is 19.5. The van der Waals surface area contributed by atoms with Gasteiger partial charge < -0.3 is 28.8 Å². The van der Waals surface area contributed by atoms with Crippen molar-refractivity contribution in [3.8, 4) is 5.75 Å². The number of allylic oxidation sites excluding steroid dienone is 5. The van der Waals surface area contributed by atoms with Crippen molar-refractivity contribution in [2.24, 2.45) is 5.92 Å². The Kier molecular flexibility index (Phi) is 12.7. The van der Waals surface area contributed by atoms with E-state index in [4.69, 9.17) is 9.47 Å². The van der Waals surface area contributed by atoms with Crippen LogP contribution in [0.3, 0.4) is 0 Å². The predicted octanol–water partition coefficient (Wildman–Crippen LogP) is 8.07. The molecule has 1 fully saturated rings. The fourth-order valence-corrected chi connectivity index (χ4v) is 8.02. The Morgan fingerprint density at radius 3 is 2.66 bits per heavy atom. The molecule has 6 rings (SSSR count). The number of unbranched alkanes of at least 4 members (excludes halogenated alkanes) is 1. The van der Waals surface area contributed by atoms with E-state index in [0.717, 1.165) is 78.4 Å². The summed E-state index contributed by atoms with van der Waals surface area (Å²) in [6.07, 6.45) is 22.2. The van der Waals surface area contributed by atoms with Gasteiger partial charge in [-0.2, -0.15) is 0 Å². The minimum atomic E-state index is -1.21. The summed E-state index contributed by atoms with van der Waals surface area (Å²) in [5.41, 5.74) is 6.49. The van der Waals surface area contributed by atoms with E-state index in [1.54, 1.807) is 12.5 Å². The van der Waals surface area contributed by atoms with Gasteiger partial charge in [0.05, 0.1) is 36.8 Å². The van der Waals surface area contributed by atoms with Gasteiger partial charge in [-0.15, -0.1) is 0 Å². The zero-order valence-corrected chi connectivity index (χ0v) is 30.2. The number of hydrogen-bond donors (Lipinski definition) is 1. The van der Waals surface area contributed by atoms with Crippen LogP contribution in [0.15, 0.2) is 108 Å². The molecule has 1 amide bonds. The van der Waals surface area contributed by atoms with Crippen molar-refractivity contribution in [1.82, 2.24) is 14.5 Å². The SMILES string of the molecule is CCCCOCCOc1ccc(C2=C3C=CC(C(=O)Nc4ccc([S@@+]([O-])Cc5cncn5CCC)cc4)CN3C3CCCCC3=CC=C2)cc1. The van der Waals surface area contributed by atoms with Crippen LogP contribution < -0.4 is 10.1 Å². The molecule has 3 atom stereocenters. The van der Waals surface area contributed by atoms with Gasteiger partial charge in [-0.1, -0.05) is 63.1 Å². The zero-order chi connectivity index (χ0) is 34.7. The molecule has 50 heavy (non-hydrogen) atoms. The number of benzene rings is 2. The minimum Gasteiger partial charge on any atom is -0.611 e. The van der Waals surface area contributed by atoms with Gasteiger partial charge in [0.1, 0.15) is 12.4 Å². The highest BCUT2D eigenvalue weighted by atomic mass is 32.2. The van der Waals surface area contributed by atoms with Crippen molar-refractivity contribution in [2.45, 2.75) is 82.0 Å². The van der Waals surface area contributed by atoms with Crippen molar-refractivity contribution < 1.29 is 18.8 Å². The molecule has 9 heteroatoms. The van der Waals surface area contributed by atoms with Crippen molar-refractivity contribution in [3.05, 3.63) is 114 Å². The second kappa shape index (κ2) is 17.7. The molecule has 0 saturated heterocycles. The van der Waals surface area contributed by atoms with Gasteiger partial charge in [-0.05, 0) is 96.9 Å². The van der Waals surface area contributed by atoms with Crippen LogP contribution in [0.25, 0.3) is 5.57 Å². The third-order valence-corrected chi connectivity index (χ3v) is 11.0. The quantitative estimate of drug-likeness (QED) is 0.128. The molecular weight excluding hydrogens is 645 g/mol. The Bertz CT molecular complexity index is 1690. The fourth-order valence-electron chi connectivity index (χ4n) is 6.90. The average molecular weight is 695 g/mol. The number of aromatic nitrogens is 2. The molecule has 1 N–H and O–H groups in total. The van der Waals surface area contributed by atoms with E-state index in [1.807, 2.05) is 42.5 Å². The lowest BCUT2D eigenvalue weighted by molar-refractivity contribution is -0.119. The van der Waals surface area contributed by atoms with Crippen LogP contribution in [-0.4, -0.2) is 57.3 Å². The van der Waals surface area contributed by atoms with Gasteiger partial charge in [0, 0.05) is 36.7 Å². The second-order valence-electron chi connectivity index (χ2n) is 13.2. The number of imidazole rings is 1. The lowest BCUT2D eigenvalue weighted by Gasteiger charge is -2.43. The fraction of sp³-hybridized carbons (Fsp3) is 0.415. The van der Waals surface area contributed by atoms with E-state index in [0.29, 0.717) is 31.2 Å². The molecule has 8 nitrogen and oxygen atoms in total. The van der Waals surface area contributed by atoms with E-state index in [2.05, 4.69) is 70.1 Å². The second-order valence-corrected chi connectivity index (χ2v) is 14.7. The van der Waals surface area contributed by atoms with Gasteiger partial charge in [-0.25, -0.2) is 4.98 Å². The molecular formula is C41H50N4O4S. The summed E-state index contributed by atoms with van der Waals surface area (Å²) in [6, 6.07) is 15.9. The molecule has 3 heterocycles. The molecule has 3 aliphatic rings. The molecule has 3 aromatic rings. The number of ether oxygens (including phenoxy) is 2. The Morgan fingerprint density at radius 2 is 1.86 bits per heavy atom. The first-order chi connectivity index (χ1) is 24.5. The topological polar surface area (TPSA) is 91.7 Å². The summed E-state index contributed by atoms with van der Waals surface area (Å²) in [4.78, 5) is 21.1. The maximum atomic E-state index is 13.7. The first kappa shape index (κ1) is 35.8. The van der Waals surface area contributed by atoms with Crippen molar-refractivity contribution in [1.29, 1.82) is 0 Å². The van der Waals surface area contributed by atoms with Gasteiger partial charge in [0.25, 0.3) is 0 Å². The van der Waals surface area contributed by atoms with Gasteiger partial charge >= 0.3 is 0 Å². The first-order valence-electron chi connectivity index (χ1n) is 18.2. The third-order valence-electron chi connectivity index (χ3n) is 9.60. The summed E-state index contributed by atoms with van der Waals surface area (Å²) in [6.45, 7) is 7.62. The van der Waals surface area contributed by atoms with Crippen LogP contribution in [0.1, 0.15) is 70.1 Å². The van der Waals surface area contributed by atoms with E-state index in [1.165, 1.54) is 18.4 Å². The summed E-state index contributed by atoms with van der Waals surface area (Å²) >= 11 is -1.21. The van der Waals surface area contributed by atoms with Crippen LogP contribution in [0.5, 0.6) is 5.75 Å². The Morgan fingerprint density at radius 1 is 1.02 bits per heavy atom. The van der Waals surface area contributed by atoms with Crippen LogP contribution in [-0.2, 0) is 33.0 Å². The smallest absolute Gasteiger partial charge is 0.233 e. The van der Waals surface area contributed by atoms with Crippen LogP contribution in [0.2, 0.25) is 0 Å². The average Bonchev–Trinajstić information content (AvgIpc) is 3.57. The lowest BCUT2D eigenvalue weighted by atomic mass is 9.84. The summed E-state index contributed by atoms with van der Waals surface area (Å²) in [5, 5.41) is 3.13. The molecule has 1 saturated carbocycles. The number of nitrogens with one attached hydrogen (secondary N) is 1. The third kappa shape index (κ3) is 8.99. The largest absolute Gasteiger partial charge is 0.611 e. The molecule has 0 spiro atoms. The number of hydrogen-bond acceptors (Lipinski definition) is 6. The standard InChI is InChI=1S/C41H50N4O4S/c1-3-5-24-48-25-26-49-36-18-13-31(14-19-36)38-11-8-10-32-9-6-7-12-39(32)45-28-33(15-22-40(38)45)41(46)43-34-16-20-37(21-17-34)50(47)29-35-27-42-30-44(35)23-4-2/h8,10-11,13-22,27,30,33,39H,3-7,9,12,23-26,28-29H2,1-2H3,(H,43,46)/t33?,39?,50-/m0/s1. The number of amides is 1. The number of carbonyl (C=O) groups is 1. The minimum absolute atomic E-state index is 0.0432. The normalized spacial score (nSPS) is 19.3. The Labute approximate surface area is 300 Å². The van der Waals surface area contributed by atoms with Crippen LogP contribution >= 0.6 is 0 Å². The molecule has 0 radical (unpaired) electrons. The monoisotopic (exact) mass is 694 g/mol. The number of aryl methyl sites for hydroxylation is 1. The van der Waals surface area contributed by atoms with E-state index >= 15 is 0 Å². The molecule has 1 aliphatic carbocycles. The molecule has 2 aliphatic heterocycles. The lowest BCUT2D eigenvalue weighted by Crippen LogP contribution is -2.45. The molecule has 264 valence electrons. The van der Waals surface area contributed by atoms with Gasteiger partial charge in [0.2, 0.25) is 5.91 Å². The Balaban J connectivity index is 1.15. The zero-order valence-electron chi connectivity index (χ0n) is 29.4. The highest BCUT2D eigenvalue weighted by Gasteiger charge is 2.33. The van der Waals surface area contributed by atoms with E-state index < -0.39 is 11.2 Å². The van der Waals surface area contributed by atoms with Crippen LogP contribution in [0.4, 0.5) is 5.69 Å². The summed E-state index contributed by atoms with van der Waals surface area (Å²) < 4.78 is 26.8. The maximum absolute atomic E-state index is 13.7. The number of fused-ring (bicyclic) bond motifs is 3. The number of rotatable bonds is 15. The molecule has 0 bridgehead atoms. The van der Waals surface area contributed by atoms with Gasteiger partial charge in [-0.3, -0.25) is 4.79 Å². The van der Waals surface area contributed by atoms with Gasteiger partial charge in [0.15, 0.2) is 10.6 Å². The summed E-state index contributed by atoms with van der Waals surface area (Å²) in [5.74, 6) is 0.882.